The highest BCUT2D eigenvalue weighted by Gasteiger charge is 2.22. The lowest BCUT2D eigenvalue weighted by molar-refractivity contribution is 0.567. The van der Waals surface area contributed by atoms with Crippen LogP contribution >= 0.6 is 11.3 Å². The van der Waals surface area contributed by atoms with E-state index in [1.54, 1.807) is 11.3 Å². The quantitative estimate of drug-likeness (QED) is 0.890. The van der Waals surface area contributed by atoms with E-state index in [-0.39, 0.29) is 5.41 Å². The van der Waals surface area contributed by atoms with Crippen LogP contribution in [0.15, 0.2) is 24.3 Å². The van der Waals surface area contributed by atoms with Gasteiger partial charge < -0.3 is 5.73 Å². The van der Waals surface area contributed by atoms with E-state index in [1.165, 1.54) is 16.0 Å². The van der Waals surface area contributed by atoms with Gasteiger partial charge in [0.25, 0.3) is 0 Å². The summed E-state index contributed by atoms with van der Waals surface area (Å²) in [5.41, 5.74) is 9.46. The molecule has 1 heterocycles. The van der Waals surface area contributed by atoms with Crippen molar-refractivity contribution in [2.24, 2.45) is 5.73 Å². The Hall–Kier alpha value is -1.19. The molecule has 2 aromatic rings. The van der Waals surface area contributed by atoms with E-state index in [2.05, 4.69) is 52.0 Å². The molecule has 0 aliphatic rings. The van der Waals surface area contributed by atoms with Gasteiger partial charge >= 0.3 is 0 Å². The van der Waals surface area contributed by atoms with Crippen molar-refractivity contribution in [2.45, 2.75) is 39.7 Å². The molecule has 0 radical (unpaired) electrons. The molecule has 0 spiro atoms. The number of hydrogen-bond donors (Lipinski definition) is 1. The van der Waals surface area contributed by atoms with Crippen LogP contribution in [-0.4, -0.2) is 4.98 Å². The Labute approximate surface area is 113 Å². The predicted octanol–water partition coefficient (Wildman–Crippen LogP) is 3.87. The van der Waals surface area contributed by atoms with Gasteiger partial charge in [0.1, 0.15) is 5.01 Å². The normalized spacial score (nSPS) is 11.8. The zero-order valence-electron chi connectivity index (χ0n) is 11.4. The number of thiazole rings is 1. The minimum atomic E-state index is 0.0489. The molecular formula is C15H20N2S. The average molecular weight is 260 g/mol. The average Bonchev–Trinajstić information content (AvgIpc) is 2.72. The lowest BCUT2D eigenvalue weighted by atomic mass is 9.91. The zero-order valence-corrected chi connectivity index (χ0v) is 12.3. The molecule has 0 amide bonds. The first-order valence-corrected chi connectivity index (χ1v) is 7.01. The summed E-state index contributed by atoms with van der Waals surface area (Å²) in [6.45, 7) is 9.21. The second-order valence-electron chi connectivity index (χ2n) is 5.61. The van der Waals surface area contributed by atoms with Crippen molar-refractivity contribution in [1.29, 1.82) is 0 Å². The van der Waals surface area contributed by atoms with Crippen LogP contribution in [0.5, 0.6) is 0 Å². The van der Waals surface area contributed by atoms with Crippen molar-refractivity contribution in [1.82, 2.24) is 4.98 Å². The van der Waals surface area contributed by atoms with E-state index >= 15 is 0 Å². The smallest absolute Gasteiger partial charge is 0.123 e. The molecule has 2 rings (SSSR count). The standard InChI is InChI=1S/C15H20N2S/c1-10-6-5-7-11(8-10)14-17-13(15(2,3)4)12(9-16)18-14/h5-8H,9,16H2,1-4H3. The molecule has 2 nitrogen and oxygen atoms in total. The molecule has 0 aliphatic carbocycles. The molecule has 0 saturated heterocycles. The summed E-state index contributed by atoms with van der Waals surface area (Å²) in [7, 11) is 0. The van der Waals surface area contributed by atoms with Crippen LogP contribution in [0.25, 0.3) is 10.6 Å². The second kappa shape index (κ2) is 4.82. The van der Waals surface area contributed by atoms with E-state index < -0.39 is 0 Å². The minimum Gasteiger partial charge on any atom is -0.326 e. The van der Waals surface area contributed by atoms with Gasteiger partial charge in [-0.2, -0.15) is 0 Å². The fourth-order valence-electron chi connectivity index (χ4n) is 1.98. The molecule has 1 aromatic carbocycles. The van der Waals surface area contributed by atoms with Gasteiger partial charge in [-0.3, -0.25) is 0 Å². The van der Waals surface area contributed by atoms with Crippen molar-refractivity contribution in [2.75, 3.05) is 0 Å². The number of aryl methyl sites for hydroxylation is 1. The Morgan fingerprint density at radius 2 is 2.00 bits per heavy atom. The zero-order chi connectivity index (χ0) is 13.3. The second-order valence-corrected chi connectivity index (χ2v) is 6.70. The number of nitrogens with two attached hydrogens (primary N) is 1. The van der Waals surface area contributed by atoms with Gasteiger partial charge in [0.2, 0.25) is 0 Å². The first-order chi connectivity index (χ1) is 8.41. The maximum Gasteiger partial charge on any atom is 0.123 e. The Morgan fingerprint density at radius 1 is 1.28 bits per heavy atom. The van der Waals surface area contributed by atoms with E-state index in [0.717, 1.165) is 10.7 Å². The van der Waals surface area contributed by atoms with Gasteiger partial charge in [0, 0.05) is 22.4 Å². The maximum absolute atomic E-state index is 5.84. The number of aromatic nitrogens is 1. The third kappa shape index (κ3) is 2.62. The van der Waals surface area contributed by atoms with Crippen LogP contribution in [0.2, 0.25) is 0 Å². The molecule has 2 N–H and O–H groups in total. The van der Waals surface area contributed by atoms with Crippen molar-refractivity contribution in [3.63, 3.8) is 0 Å². The molecule has 0 atom stereocenters. The number of rotatable bonds is 2. The Balaban J connectivity index is 2.51. The first-order valence-electron chi connectivity index (χ1n) is 6.19. The van der Waals surface area contributed by atoms with Crippen LogP contribution in [0.4, 0.5) is 0 Å². The number of nitrogens with zero attached hydrogens (tertiary/aromatic N) is 1. The van der Waals surface area contributed by atoms with Gasteiger partial charge in [-0.25, -0.2) is 4.98 Å². The fourth-order valence-corrected chi connectivity index (χ4v) is 3.12. The van der Waals surface area contributed by atoms with Gasteiger partial charge in [0.15, 0.2) is 0 Å². The number of hydrogen-bond acceptors (Lipinski definition) is 3. The first kappa shape index (κ1) is 13.2. The highest BCUT2D eigenvalue weighted by Crippen LogP contribution is 2.34. The summed E-state index contributed by atoms with van der Waals surface area (Å²) in [4.78, 5) is 6.00. The van der Waals surface area contributed by atoms with Crippen molar-refractivity contribution in [3.05, 3.63) is 40.4 Å². The molecular weight excluding hydrogens is 240 g/mol. The van der Waals surface area contributed by atoms with Crippen molar-refractivity contribution < 1.29 is 0 Å². The van der Waals surface area contributed by atoms with Gasteiger partial charge in [-0.15, -0.1) is 11.3 Å². The van der Waals surface area contributed by atoms with E-state index in [4.69, 9.17) is 10.7 Å². The van der Waals surface area contributed by atoms with Crippen LogP contribution in [-0.2, 0) is 12.0 Å². The minimum absolute atomic E-state index is 0.0489. The van der Waals surface area contributed by atoms with Gasteiger partial charge in [0.05, 0.1) is 5.69 Å². The van der Waals surface area contributed by atoms with Crippen LogP contribution in [0, 0.1) is 6.92 Å². The van der Waals surface area contributed by atoms with Crippen LogP contribution in [0.1, 0.15) is 36.9 Å². The third-order valence-corrected chi connectivity index (χ3v) is 3.98. The van der Waals surface area contributed by atoms with Crippen molar-refractivity contribution in [3.8, 4) is 10.6 Å². The monoisotopic (exact) mass is 260 g/mol. The predicted molar refractivity (Wildman–Crippen MR) is 78.9 cm³/mol. The van der Waals surface area contributed by atoms with Crippen LogP contribution < -0.4 is 5.73 Å². The number of benzene rings is 1. The maximum atomic E-state index is 5.84. The lowest BCUT2D eigenvalue weighted by Gasteiger charge is -2.16. The molecule has 18 heavy (non-hydrogen) atoms. The molecule has 3 heteroatoms. The van der Waals surface area contributed by atoms with E-state index in [0.29, 0.717) is 6.54 Å². The highest BCUT2D eigenvalue weighted by atomic mass is 32.1. The summed E-state index contributed by atoms with van der Waals surface area (Å²) < 4.78 is 0. The Morgan fingerprint density at radius 3 is 2.50 bits per heavy atom. The Kier molecular flexibility index (Phi) is 3.55. The van der Waals surface area contributed by atoms with Crippen molar-refractivity contribution >= 4 is 11.3 Å². The summed E-state index contributed by atoms with van der Waals surface area (Å²) >= 11 is 1.71. The molecule has 0 aliphatic heterocycles. The largest absolute Gasteiger partial charge is 0.326 e. The van der Waals surface area contributed by atoms with Gasteiger partial charge in [-0.05, 0) is 13.0 Å². The molecule has 96 valence electrons. The molecule has 0 unspecified atom stereocenters. The topological polar surface area (TPSA) is 38.9 Å². The lowest BCUT2D eigenvalue weighted by Crippen LogP contribution is -2.15. The van der Waals surface area contributed by atoms with E-state index in [1.807, 2.05) is 0 Å². The SMILES string of the molecule is Cc1cccc(-c2nc(C(C)(C)C)c(CN)s2)c1. The molecule has 0 fully saturated rings. The highest BCUT2D eigenvalue weighted by molar-refractivity contribution is 7.15. The summed E-state index contributed by atoms with van der Waals surface area (Å²) in [6.07, 6.45) is 0. The third-order valence-electron chi connectivity index (χ3n) is 2.86. The summed E-state index contributed by atoms with van der Waals surface area (Å²) in [5, 5.41) is 1.07. The van der Waals surface area contributed by atoms with Crippen LogP contribution in [0.3, 0.4) is 0 Å². The van der Waals surface area contributed by atoms with E-state index in [9.17, 15) is 0 Å². The molecule has 0 saturated carbocycles. The fraction of sp³-hybridized carbons (Fsp3) is 0.400. The molecule has 0 bridgehead atoms. The Bertz CT molecular complexity index is 550. The van der Waals surface area contributed by atoms with Gasteiger partial charge in [-0.1, -0.05) is 44.5 Å². The molecule has 1 aromatic heterocycles. The summed E-state index contributed by atoms with van der Waals surface area (Å²) in [5.74, 6) is 0. The summed E-state index contributed by atoms with van der Waals surface area (Å²) in [6, 6.07) is 8.46.